The predicted molar refractivity (Wildman–Crippen MR) is 97.1 cm³/mol. The van der Waals surface area contributed by atoms with Crippen molar-refractivity contribution in [2.24, 2.45) is 0 Å². The van der Waals surface area contributed by atoms with Crippen LogP contribution in [0.3, 0.4) is 0 Å². The van der Waals surface area contributed by atoms with Crippen LogP contribution in [0, 0.1) is 0 Å². The third-order valence-corrected chi connectivity index (χ3v) is 4.00. The van der Waals surface area contributed by atoms with E-state index in [4.69, 9.17) is 11.6 Å². The fourth-order valence-corrected chi connectivity index (χ4v) is 2.58. The Morgan fingerprint density at radius 2 is 1.70 bits per heavy atom. The fourth-order valence-electron chi connectivity index (χ4n) is 2.45. The van der Waals surface area contributed by atoms with Gasteiger partial charge in [0.2, 0.25) is 0 Å². The van der Waals surface area contributed by atoms with E-state index < -0.39 is 5.54 Å². The Balaban J connectivity index is 2.19. The van der Waals surface area contributed by atoms with Gasteiger partial charge in [-0.15, -0.1) is 0 Å². The van der Waals surface area contributed by atoms with Crippen molar-refractivity contribution in [3.8, 4) is 0 Å². The van der Waals surface area contributed by atoms with E-state index in [-0.39, 0.29) is 6.03 Å². The molecule has 0 saturated carbocycles. The molecule has 0 bridgehead atoms. The van der Waals surface area contributed by atoms with Gasteiger partial charge < -0.3 is 5.32 Å². The average molecular weight is 331 g/mol. The molecule has 0 unspecified atom stereocenters. The van der Waals surface area contributed by atoms with Gasteiger partial charge in [-0.2, -0.15) is 0 Å². The molecule has 4 heteroatoms. The van der Waals surface area contributed by atoms with E-state index in [2.05, 4.69) is 12.2 Å². The number of anilines is 1. The first kappa shape index (κ1) is 17.4. The van der Waals surface area contributed by atoms with Gasteiger partial charge in [0, 0.05) is 17.3 Å². The number of amides is 2. The highest BCUT2D eigenvalue weighted by Gasteiger charge is 2.26. The molecule has 3 nitrogen and oxygen atoms in total. The van der Waals surface area contributed by atoms with Crippen LogP contribution >= 0.6 is 11.6 Å². The SMILES string of the molecule is CCCN(C(=O)NC(C)(C)c1ccc(Cl)cc1)c1ccccc1. The second-order valence-corrected chi connectivity index (χ2v) is 6.49. The summed E-state index contributed by atoms with van der Waals surface area (Å²) in [5.41, 5.74) is 1.43. The number of hydrogen-bond acceptors (Lipinski definition) is 1. The number of nitrogens with one attached hydrogen (secondary N) is 1. The van der Waals surface area contributed by atoms with Gasteiger partial charge in [0.1, 0.15) is 0 Å². The molecule has 0 fully saturated rings. The molecule has 2 rings (SSSR count). The quantitative estimate of drug-likeness (QED) is 0.802. The highest BCUT2D eigenvalue weighted by atomic mass is 35.5. The van der Waals surface area contributed by atoms with Gasteiger partial charge in [-0.05, 0) is 50.1 Å². The minimum Gasteiger partial charge on any atom is -0.329 e. The number of carbonyl (C=O) groups excluding carboxylic acids is 1. The molecule has 1 N–H and O–H groups in total. The minimum atomic E-state index is -0.484. The summed E-state index contributed by atoms with van der Waals surface area (Å²) in [4.78, 5) is 14.6. The number of carbonyl (C=O) groups is 1. The first-order valence-electron chi connectivity index (χ1n) is 7.85. The van der Waals surface area contributed by atoms with Crippen molar-refractivity contribution >= 4 is 23.3 Å². The van der Waals surface area contributed by atoms with E-state index in [1.807, 2.05) is 68.4 Å². The molecule has 0 atom stereocenters. The Morgan fingerprint density at radius 1 is 1.09 bits per heavy atom. The molecule has 23 heavy (non-hydrogen) atoms. The third kappa shape index (κ3) is 4.49. The van der Waals surface area contributed by atoms with Crippen LogP contribution in [0.2, 0.25) is 5.02 Å². The lowest BCUT2D eigenvalue weighted by Gasteiger charge is -2.31. The summed E-state index contributed by atoms with van der Waals surface area (Å²) >= 11 is 5.94. The molecule has 0 aliphatic rings. The van der Waals surface area contributed by atoms with Crippen LogP contribution in [-0.2, 0) is 5.54 Å². The van der Waals surface area contributed by atoms with Crippen LogP contribution < -0.4 is 10.2 Å². The summed E-state index contributed by atoms with van der Waals surface area (Å²) < 4.78 is 0. The van der Waals surface area contributed by atoms with Gasteiger partial charge >= 0.3 is 6.03 Å². The maximum atomic E-state index is 12.8. The number of para-hydroxylation sites is 1. The summed E-state index contributed by atoms with van der Waals surface area (Å²) in [6, 6.07) is 17.2. The number of halogens is 1. The van der Waals surface area contributed by atoms with Crippen LogP contribution in [0.25, 0.3) is 0 Å². The van der Waals surface area contributed by atoms with Gasteiger partial charge in [-0.25, -0.2) is 4.79 Å². The highest BCUT2D eigenvalue weighted by Crippen LogP contribution is 2.23. The molecule has 0 aliphatic carbocycles. The molecule has 0 radical (unpaired) electrons. The summed E-state index contributed by atoms with van der Waals surface area (Å²) in [7, 11) is 0. The highest BCUT2D eigenvalue weighted by molar-refractivity contribution is 6.30. The lowest BCUT2D eigenvalue weighted by atomic mass is 9.94. The molecule has 0 aromatic heterocycles. The second kappa shape index (κ2) is 7.51. The largest absolute Gasteiger partial charge is 0.329 e. The van der Waals surface area contributed by atoms with Crippen LogP contribution in [0.4, 0.5) is 10.5 Å². The number of hydrogen-bond donors (Lipinski definition) is 1. The van der Waals surface area contributed by atoms with Crippen molar-refractivity contribution in [3.05, 3.63) is 65.2 Å². The van der Waals surface area contributed by atoms with E-state index in [1.54, 1.807) is 4.90 Å². The summed E-state index contributed by atoms with van der Waals surface area (Å²) in [5.74, 6) is 0. The van der Waals surface area contributed by atoms with Crippen molar-refractivity contribution in [2.75, 3.05) is 11.4 Å². The maximum absolute atomic E-state index is 12.8. The van der Waals surface area contributed by atoms with Crippen molar-refractivity contribution in [2.45, 2.75) is 32.7 Å². The normalized spacial score (nSPS) is 11.1. The van der Waals surface area contributed by atoms with E-state index in [0.717, 1.165) is 17.7 Å². The minimum absolute atomic E-state index is 0.0991. The van der Waals surface area contributed by atoms with Gasteiger partial charge in [0.25, 0.3) is 0 Å². The van der Waals surface area contributed by atoms with E-state index >= 15 is 0 Å². The Morgan fingerprint density at radius 3 is 2.26 bits per heavy atom. The van der Waals surface area contributed by atoms with Gasteiger partial charge in [-0.1, -0.05) is 48.9 Å². The summed E-state index contributed by atoms with van der Waals surface area (Å²) in [5, 5.41) is 3.81. The molecule has 2 aromatic carbocycles. The molecule has 2 amide bonds. The number of rotatable bonds is 5. The van der Waals surface area contributed by atoms with Gasteiger partial charge in [0.05, 0.1) is 5.54 Å². The van der Waals surface area contributed by atoms with Crippen LogP contribution in [0.15, 0.2) is 54.6 Å². The van der Waals surface area contributed by atoms with Crippen molar-refractivity contribution in [3.63, 3.8) is 0 Å². The van der Waals surface area contributed by atoms with Gasteiger partial charge in [0.15, 0.2) is 0 Å². The second-order valence-electron chi connectivity index (χ2n) is 6.05. The molecular formula is C19H23ClN2O. The molecule has 0 aliphatic heterocycles. The Bertz CT molecular complexity index is 638. The predicted octanol–water partition coefficient (Wildman–Crippen LogP) is 5.20. The number of benzene rings is 2. The Kier molecular flexibility index (Phi) is 5.67. The smallest absolute Gasteiger partial charge is 0.322 e. The first-order chi connectivity index (χ1) is 10.9. The summed E-state index contributed by atoms with van der Waals surface area (Å²) in [6.07, 6.45) is 0.893. The Labute approximate surface area is 143 Å². The zero-order valence-corrected chi connectivity index (χ0v) is 14.6. The molecule has 0 spiro atoms. The third-order valence-electron chi connectivity index (χ3n) is 3.75. The van der Waals surface area contributed by atoms with E-state index in [0.29, 0.717) is 11.6 Å². The van der Waals surface area contributed by atoms with Crippen molar-refractivity contribution < 1.29 is 4.79 Å². The standard InChI is InChI=1S/C19H23ClN2O/c1-4-14-22(17-8-6-5-7-9-17)18(23)21-19(2,3)15-10-12-16(20)13-11-15/h5-13H,4,14H2,1-3H3,(H,21,23). The lowest BCUT2D eigenvalue weighted by molar-refractivity contribution is 0.235. The number of urea groups is 1. The first-order valence-corrected chi connectivity index (χ1v) is 8.22. The topological polar surface area (TPSA) is 32.3 Å². The zero-order chi connectivity index (χ0) is 16.9. The molecular weight excluding hydrogens is 308 g/mol. The molecule has 0 saturated heterocycles. The maximum Gasteiger partial charge on any atom is 0.322 e. The van der Waals surface area contributed by atoms with E-state index in [1.165, 1.54) is 0 Å². The van der Waals surface area contributed by atoms with Crippen LogP contribution in [0.1, 0.15) is 32.8 Å². The fraction of sp³-hybridized carbons (Fsp3) is 0.316. The zero-order valence-electron chi connectivity index (χ0n) is 13.8. The molecule has 122 valence electrons. The van der Waals surface area contributed by atoms with Crippen LogP contribution in [0.5, 0.6) is 0 Å². The van der Waals surface area contributed by atoms with E-state index in [9.17, 15) is 4.79 Å². The number of nitrogens with zero attached hydrogens (tertiary/aromatic N) is 1. The Hall–Kier alpha value is -2.00. The lowest BCUT2D eigenvalue weighted by Crippen LogP contribution is -2.49. The summed E-state index contributed by atoms with van der Waals surface area (Å²) in [6.45, 7) is 6.71. The molecule has 2 aromatic rings. The van der Waals surface area contributed by atoms with Crippen molar-refractivity contribution in [1.29, 1.82) is 0 Å². The van der Waals surface area contributed by atoms with Crippen molar-refractivity contribution in [1.82, 2.24) is 5.32 Å². The molecule has 0 heterocycles. The van der Waals surface area contributed by atoms with Gasteiger partial charge in [-0.3, -0.25) is 4.90 Å². The van der Waals surface area contributed by atoms with Crippen LogP contribution in [-0.4, -0.2) is 12.6 Å². The monoisotopic (exact) mass is 330 g/mol. The average Bonchev–Trinajstić information content (AvgIpc) is 2.53.